The average Bonchev–Trinajstić information content (AvgIpc) is 2.58. The van der Waals surface area contributed by atoms with Crippen molar-refractivity contribution in [3.05, 3.63) is 18.2 Å². The zero-order valence-electron chi connectivity index (χ0n) is 9.32. The van der Waals surface area contributed by atoms with Crippen LogP contribution in [0.1, 0.15) is 5.82 Å². The monoisotopic (exact) mass is 196 g/mol. The van der Waals surface area contributed by atoms with E-state index in [0.717, 1.165) is 26.1 Å². The minimum absolute atomic E-state index is 0.991. The Hall–Kier alpha value is -0.870. The van der Waals surface area contributed by atoms with Crippen LogP contribution in [0.3, 0.4) is 0 Å². The number of hydrogen-bond acceptors (Lipinski definition) is 3. The summed E-state index contributed by atoms with van der Waals surface area (Å²) < 4.78 is 2.21. The number of nitrogens with zero attached hydrogens (tertiary/aromatic N) is 3. The van der Waals surface area contributed by atoms with Crippen molar-refractivity contribution in [3.63, 3.8) is 0 Å². The third-order valence-electron chi connectivity index (χ3n) is 2.19. The zero-order valence-corrected chi connectivity index (χ0v) is 9.32. The van der Waals surface area contributed by atoms with E-state index in [2.05, 4.69) is 33.9 Å². The maximum atomic E-state index is 4.35. The van der Waals surface area contributed by atoms with E-state index < -0.39 is 0 Å². The molecule has 0 atom stereocenters. The molecule has 0 bridgehead atoms. The van der Waals surface area contributed by atoms with Gasteiger partial charge in [-0.3, -0.25) is 0 Å². The van der Waals surface area contributed by atoms with Crippen LogP contribution in [0.4, 0.5) is 0 Å². The van der Waals surface area contributed by atoms with E-state index >= 15 is 0 Å². The van der Waals surface area contributed by atoms with Gasteiger partial charge in [0.15, 0.2) is 0 Å². The lowest BCUT2D eigenvalue weighted by molar-refractivity contribution is 0.405. The molecule has 0 amide bonds. The van der Waals surface area contributed by atoms with Crippen LogP contribution >= 0.6 is 0 Å². The molecular weight excluding hydrogens is 176 g/mol. The highest BCUT2D eigenvalue weighted by Crippen LogP contribution is 1.98. The van der Waals surface area contributed by atoms with Crippen LogP contribution < -0.4 is 5.32 Å². The molecule has 4 heteroatoms. The Bertz CT molecular complexity index is 254. The summed E-state index contributed by atoms with van der Waals surface area (Å²) in [6.45, 7) is 3.04. The molecule has 80 valence electrons. The van der Waals surface area contributed by atoms with Crippen LogP contribution in [0.2, 0.25) is 0 Å². The summed E-state index contributed by atoms with van der Waals surface area (Å²) in [6, 6.07) is 0. The molecule has 1 aromatic heterocycles. The van der Waals surface area contributed by atoms with E-state index in [4.69, 9.17) is 0 Å². The molecule has 1 N–H and O–H groups in total. The third-order valence-corrected chi connectivity index (χ3v) is 2.19. The summed E-state index contributed by atoms with van der Waals surface area (Å²) in [5.74, 6) is 1.17. The maximum absolute atomic E-state index is 4.35. The van der Waals surface area contributed by atoms with Crippen LogP contribution in [0.15, 0.2) is 12.4 Å². The fourth-order valence-electron chi connectivity index (χ4n) is 1.33. The zero-order chi connectivity index (χ0) is 10.4. The fourth-order valence-corrected chi connectivity index (χ4v) is 1.33. The highest BCUT2D eigenvalue weighted by molar-refractivity contribution is 4.93. The molecule has 1 aromatic rings. The predicted octanol–water partition coefficient (Wildman–Crippen LogP) is 0.207. The summed E-state index contributed by atoms with van der Waals surface area (Å²) in [4.78, 5) is 6.53. The summed E-state index contributed by atoms with van der Waals surface area (Å²) in [6.07, 6.45) is 4.94. The van der Waals surface area contributed by atoms with Gasteiger partial charge in [0.1, 0.15) is 5.82 Å². The van der Waals surface area contributed by atoms with Gasteiger partial charge in [0.25, 0.3) is 0 Å². The largest absolute Gasteiger partial charge is 0.334 e. The maximum Gasteiger partial charge on any atom is 0.109 e. The lowest BCUT2D eigenvalue weighted by Gasteiger charge is -2.10. The van der Waals surface area contributed by atoms with Crippen molar-refractivity contribution in [2.45, 2.75) is 13.0 Å². The van der Waals surface area contributed by atoms with Gasteiger partial charge in [-0.1, -0.05) is 0 Å². The number of hydrogen-bond donors (Lipinski definition) is 1. The molecule has 1 rings (SSSR count). The predicted molar refractivity (Wildman–Crippen MR) is 58.4 cm³/mol. The van der Waals surface area contributed by atoms with Gasteiger partial charge in [-0.25, -0.2) is 4.98 Å². The molecule has 0 fully saturated rings. The van der Waals surface area contributed by atoms with Gasteiger partial charge in [0.2, 0.25) is 0 Å². The van der Waals surface area contributed by atoms with Crippen LogP contribution in [-0.2, 0) is 13.0 Å². The van der Waals surface area contributed by atoms with E-state index in [0.29, 0.717) is 0 Å². The van der Waals surface area contributed by atoms with E-state index in [1.165, 1.54) is 5.82 Å². The van der Waals surface area contributed by atoms with Crippen molar-refractivity contribution < 1.29 is 0 Å². The Morgan fingerprint density at radius 1 is 1.50 bits per heavy atom. The molecule has 0 aromatic carbocycles. The van der Waals surface area contributed by atoms with Crippen LogP contribution in [0, 0.1) is 0 Å². The van der Waals surface area contributed by atoms with Crippen molar-refractivity contribution in [1.29, 1.82) is 0 Å². The number of likely N-dealkylation sites (N-methyl/N-ethyl adjacent to an activating group) is 2. The Morgan fingerprint density at radius 2 is 2.29 bits per heavy atom. The molecule has 0 saturated carbocycles. The Kier molecular flexibility index (Phi) is 4.62. The fraction of sp³-hybridized carbons (Fsp3) is 0.700. The van der Waals surface area contributed by atoms with E-state index in [9.17, 15) is 0 Å². The van der Waals surface area contributed by atoms with E-state index in [1.807, 2.05) is 19.4 Å². The highest BCUT2D eigenvalue weighted by Gasteiger charge is 2.02. The second-order valence-electron chi connectivity index (χ2n) is 3.69. The van der Waals surface area contributed by atoms with Gasteiger partial charge in [0, 0.05) is 38.4 Å². The standard InChI is InChI=1S/C10H20N4/c1-11-5-8-14-9-6-12-10(14)4-7-13(2)3/h6,9,11H,4-5,7-8H2,1-3H3. The number of nitrogens with one attached hydrogen (secondary N) is 1. The van der Waals surface area contributed by atoms with Gasteiger partial charge in [-0.05, 0) is 21.1 Å². The lowest BCUT2D eigenvalue weighted by Crippen LogP contribution is -2.20. The molecule has 0 spiro atoms. The molecule has 0 aliphatic carbocycles. The Balaban J connectivity index is 2.45. The molecule has 0 saturated heterocycles. The first-order valence-electron chi connectivity index (χ1n) is 5.03. The topological polar surface area (TPSA) is 33.1 Å². The summed E-state index contributed by atoms with van der Waals surface area (Å²) in [5, 5.41) is 3.14. The van der Waals surface area contributed by atoms with Gasteiger partial charge in [-0.15, -0.1) is 0 Å². The molecule has 0 aliphatic heterocycles. The smallest absolute Gasteiger partial charge is 0.109 e. The van der Waals surface area contributed by atoms with Crippen molar-refractivity contribution in [2.75, 3.05) is 34.2 Å². The highest BCUT2D eigenvalue weighted by atomic mass is 15.1. The molecular formula is C10H20N4. The normalized spacial score (nSPS) is 11.1. The van der Waals surface area contributed by atoms with Gasteiger partial charge in [-0.2, -0.15) is 0 Å². The Labute approximate surface area is 85.9 Å². The summed E-state index contributed by atoms with van der Waals surface area (Å²) >= 11 is 0. The van der Waals surface area contributed by atoms with Gasteiger partial charge < -0.3 is 14.8 Å². The lowest BCUT2D eigenvalue weighted by atomic mass is 10.4. The summed E-state index contributed by atoms with van der Waals surface area (Å²) in [5.41, 5.74) is 0. The SMILES string of the molecule is CNCCn1ccnc1CCN(C)C. The second kappa shape index (κ2) is 5.78. The third kappa shape index (κ3) is 3.47. The second-order valence-corrected chi connectivity index (χ2v) is 3.69. The van der Waals surface area contributed by atoms with Crippen LogP contribution in [0.5, 0.6) is 0 Å². The van der Waals surface area contributed by atoms with Crippen LogP contribution in [-0.4, -0.2) is 48.7 Å². The van der Waals surface area contributed by atoms with Crippen molar-refractivity contribution in [2.24, 2.45) is 0 Å². The number of aromatic nitrogens is 2. The molecule has 4 nitrogen and oxygen atoms in total. The van der Waals surface area contributed by atoms with Crippen molar-refractivity contribution >= 4 is 0 Å². The first kappa shape index (κ1) is 11.2. The van der Waals surface area contributed by atoms with Gasteiger partial charge in [0.05, 0.1) is 0 Å². The van der Waals surface area contributed by atoms with E-state index in [-0.39, 0.29) is 0 Å². The minimum atomic E-state index is 0.991. The molecule has 14 heavy (non-hydrogen) atoms. The van der Waals surface area contributed by atoms with Crippen molar-refractivity contribution in [1.82, 2.24) is 19.8 Å². The summed E-state index contributed by atoms with van der Waals surface area (Å²) in [7, 11) is 6.14. The number of rotatable bonds is 6. The first-order chi connectivity index (χ1) is 6.74. The van der Waals surface area contributed by atoms with Crippen molar-refractivity contribution in [3.8, 4) is 0 Å². The quantitative estimate of drug-likeness (QED) is 0.706. The molecule has 1 heterocycles. The number of imidazole rings is 1. The average molecular weight is 196 g/mol. The first-order valence-corrected chi connectivity index (χ1v) is 5.03. The molecule has 0 unspecified atom stereocenters. The molecule has 0 radical (unpaired) electrons. The minimum Gasteiger partial charge on any atom is -0.334 e. The van der Waals surface area contributed by atoms with E-state index in [1.54, 1.807) is 0 Å². The molecule has 0 aliphatic rings. The Morgan fingerprint density at radius 3 is 2.93 bits per heavy atom. The van der Waals surface area contributed by atoms with Crippen LogP contribution in [0.25, 0.3) is 0 Å². The van der Waals surface area contributed by atoms with Gasteiger partial charge >= 0.3 is 0 Å².